The quantitative estimate of drug-likeness (QED) is 0.690. The Morgan fingerprint density at radius 1 is 1.09 bits per heavy atom. The van der Waals surface area contributed by atoms with Crippen LogP contribution in [0.15, 0.2) is 53.6 Å². The molecule has 0 atom stereocenters. The monoisotopic (exact) mass is 310 g/mol. The lowest BCUT2D eigenvalue weighted by molar-refractivity contribution is 0.0955. The van der Waals surface area contributed by atoms with E-state index in [4.69, 9.17) is 4.74 Å². The number of carbonyl (C=O) groups is 1. The summed E-state index contributed by atoms with van der Waals surface area (Å²) in [6.45, 7) is 6.42. The van der Waals surface area contributed by atoms with Gasteiger partial charge in [-0.1, -0.05) is 45.0 Å². The molecule has 0 radical (unpaired) electrons. The summed E-state index contributed by atoms with van der Waals surface area (Å²) in [6, 6.07) is 15.0. The van der Waals surface area contributed by atoms with E-state index in [1.165, 1.54) is 5.56 Å². The number of methoxy groups -OCH3 is 1. The molecule has 1 amide bonds. The van der Waals surface area contributed by atoms with E-state index >= 15 is 0 Å². The van der Waals surface area contributed by atoms with Crippen LogP contribution in [0.3, 0.4) is 0 Å². The van der Waals surface area contributed by atoms with E-state index in [9.17, 15) is 4.79 Å². The summed E-state index contributed by atoms with van der Waals surface area (Å²) >= 11 is 0. The molecule has 0 unspecified atom stereocenters. The molecule has 0 fully saturated rings. The third-order valence-electron chi connectivity index (χ3n) is 3.52. The van der Waals surface area contributed by atoms with Crippen LogP contribution in [0.25, 0.3) is 0 Å². The van der Waals surface area contributed by atoms with Crippen molar-refractivity contribution in [3.63, 3.8) is 0 Å². The second-order valence-corrected chi connectivity index (χ2v) is 6.27. The van der Waals surface area contributed by atoms with E-state index in [1.54, 1.807) is 13.3 Å². The molecule has 1 N–H and O–H groups in total. The highest BCUT2D eigenvalue weighted by molar-refractivity contribution is 5.95. The van der Waals surface area contributed by atoms with Crippen LogP contribution in [-0.4, -0.2) is 19.2 Å². The van der Waals surface area contributed by atoms with Crippen LogP contribution >= 0.6 is 0 Å². The van der Waals surface area contributed by atoms with Crippen molar-refractivity contribution in [1.29, 1.82) is 0 Å². The number of nitrogens with zero attached hydrogens (tertiary/aromatic N) is 1. The molecule has 0 spiro atoms. The molecule has 0 saturated heterocycles. The molecular formula is C19H22N2O2. The largest absolute Gasteiger partial charge is 0.496 e. The number of carbonyl (C=O) groups excluding carboxylic acids is 1. The minimum absolute atomic E-state index is 0.0665. The number of hydrazone groups is 1. The van der Waals surface area contributed by atoms with Gasteiger partial charge in [-0.25, -0.2) is 5.43 Å². The van der Waals surface area contributed by atoms with Crippen LogP contribution in [0, 0.1) is 0 Å². The lowest BCUT2D eigenvalue weighted by Gasteiger charge is -2.18. The summed E-state index contributed by atoms with van der Waals surface area (Å²) in [5.74, 6) is 0.469. The zero-order chi connectivity index (χ0) is 16.9. The highest BCUT2D eigenvalue weighted by Crippen LogP contribution is 2.22. The van der Waals surface area contributed by atoms with Crippen molar-refractivity contribution in [2.45, 2.75) is 26.2 Å². The van der Waals surface area contributed by atoms with Gasteiger partial charge in [-0.15, -0.1) is 0 Å². The highest BCUT2D eigenvalue weighted by atomic mass is 16.5. The standard InChI is InChI=1S/C19H22N2O2/c1-19(2,3)16-11-9-14(10-12-16)18(22)21-20-13-15-7-5-6-8-17(15)23-4/h5-13H,1-4H3,(H,21,22). The Morgan fingerprint density at radius 2 is 1.74 bits per heavy atom. The number of para-hydroxylation sites is 1. The summed E-state index contributed by atoms with van der Waals surface area (Å²) in [5, 5.41) is 3.99. The molecule has 0 aliphatic carbocycles. The van der Waals surface area contributed by atoms with Crippen molar-refractivity contribution in [1.82, 2.24) is 5.43 Å². The summed E-state index contributed by atoms with van der Waals surface area (Å²) in [4.78, 5) is 12.1. The fourth-order valence-electron chi connectivity index (χ4n) is 2.12. The van der Waals surface area contributed by atoms with Gasteiger partial charge in [-0.3, -0.25) is 4.79 Å². The van der Waals surface area contributed by atoms with E-state index in [1.807, 2.05) is 48.5 Å². The molecular weight excluding hydrogens is 288 g/mol. The second kappa shape index (κ2) is 7.09. The number of hydrogen-bond donors (Lipinski definition) is 1. The van der Waals surface area contributed by atoms with Gasteiger partial charge in [-0.2, -0.15) is 5.10 Å². The first-order valence-electron chi connectivity index (χ1n) is 7.49. The van der Waals surface area contributed by atoms with Crippen molar-refractivity contribution < 1.29 is 9.53 Å². The Kier molecular flexibility index (Phi) is 5.16. The summed E-state index contributed by atoms with van der Waals surface area (Å²) in [6.07, 6.45) is 1.57. The van der Waals surface area contributed by atoms with E-state index < -0.39 is 0 Å². The van der Waals surface area contributed by atoms with Crippen molar-refractivity contribution in [2.75, 3.05) is 7.11 Å². The van der Waals surface area contributed by atoms with Gasteiger partial charge in [0.1, 0.15) is 5.75 Å². The van der Waals surface area contributed by atoms with Gasteiger partial charge in [0.25, 0.3) is 5.91 Å². The predicted octanol–water partition coefficient (Wildman–Crippen LogP) is 3.76. The Morgan fingerprint density at radius 3 is 2.35 bits per heavy atom. The van der Waals surface area contributed by atoms with Crippen LogP contribution < -0.4 is 10.2 Å². The van der Waals surface area contributed by atoms with Gasteiger partial charge in [0, 0.05) is 11.1 Å². The summed E-state index contributed by atoms with van der Waals surface area (Å²) < 4.78 is 5.23. The Hall–Kier alpha value is -2.62. The van der Waals surface area contributed by atoms with Gasteiger partial charge in [-0.05, 0) is 35.2 Å². The maximum absolute atomic E-state index is 12.1. The molecule has 0 bridgehead atoms. The minimum Gasteiger partial charge on any atom is -0.496 e. The lowest BCUT2D eigenvalue weighted by atomic mass is 9.87. The Bertz CT molecular complexity index is 698. The molecule has 4 heteroatoms. The molecule has 120 valence electrons. The molecule has 2 rings (SSSR count). The fraction of sp³-hybridized carbons (Fsp3) is 0.263. The third kappa shape index (κ3) is 4.42. The number of amides is 1. The van der Waals surface area contributed by atoms with E-state index in [2.05, 4.69) is 31.3 Å². The molecule has 0 aliphatic heterocycles. The number of ether oxygens (including phenoxy) is 1. The highest BCUT2D eigenvalue weighted by Gasteiger charge is 2.14. The average molecular weight is 310 g/mol. The molecule has 0 saturated carbocycles. The van der Waals surface area contributed by atoms with Crippen molar-refractivity contribution >= 4 is 12.1 Å². The van der Waals surface area contributed by atoms with Gasteiger partial charge < -0.3 is 4.74 Å². The number of hydrogen-bond acceptors (Lipinski definition) is 3. The molecule has 0 aliphatic rings. The van der Waals surface area contributed by atoms with Gasteiger partial charge >= 0.3 is 0 Å². The van der Waals surface area contributed by atoms with E-state index in [0.717, 1.165) is 5.56 Å². The lowest BCUT2D eigenvalue weighted by Crippen LogP contribution is -2.18. The zero-order valence-corrected chi connectivity index (χ0v) is 14.0. The van der Waals surface area contributed by atoms with Crippen molar-refractivity contribution in [2.24, 2.45) is 5.10 Å². The zero-order valence-electron chi connectivity index (χ0n) is 14.0. The predicted molar refractivity (Wildman–Crippen MR) is 93.2 cm³/mol. The Balaban J connectivity index is 2.03. The van der Waals surface area contributed by atoms with Crippen LogP contribution in [0.2, 0.25) is 0 Å². The molecule has 4 nitrogen and oxygen atoms in total. The molecule has 2 aromatic rings. The molecule has 23 heavy (non-hydrogen) atoms. The molecule has 2 aromatic carbocycles. The van der Waals surface area contributed by atoms with Crippen molar-refractivity contribution in [3.8, 4) is 5.75 Å². The maximum atomic E-state index is 12.1. The topological polar surface area (TPSA) is 50.7 Å². The first-order valence-corrected chi connectivity index (χ1v) is 7.49. The number of benzene rings is 2. The first kappa shape index (κ1) is 16.7. The van der Waals surface area contributed by atoms with Crippen molar-refractivity contribution in [3.05, 3.63) is 65.2 Å². The second-order valence-electron chi connectivity index (χ2n) is 6.27. The summed E-state index contributed by atoms with van der Waals surface area (Å²) in [5.41, 5.74) is 5.17. The van der Waals surface area contributed by atoms with Crippen LogP contribution in [-0.2, 0) is 5.41 Å². The first-order chi connectivity index (χ1) is 10.9. The smallest absolute Gasteiger partial charge is 0.271 e. The van der Waals surface area contributed by atoms with Gasteiger partial charge in [0.05, 0.1) is 13.3 Å². The van der Waals surface area contributed by atoms with Gasteiger partial charge in [0.2, 0.25) is 0 Å². The molecule has 0 aromatic heterocycles. The van der Waals surface area contributed by atoms with E-state index in [0.29, 0.717) is 11.3 Å². The maximum Gasteiger partial charge on any atom is 0.271 e. The van der Waals surface area contributed by atoms with E-state index in [-0.39, 0.29) is 11.3 Å². The average Bonchev–Trinajstić information content (AvgIpc) is 2.54. The fourth-order valence-corrected chi connectivity index (χ4v) is 2.12. The van der Waals surface area contributed by atoms with Crippen LogP contribution in [0.5, 0.6) is 5.75 Å². The minimum atomic E-state index is -0.239. The van der Waals surface area contributed by atoms with Crippen LogP contribution in [0.4, 0.5) is 0 Å². The Labute approximate surface area is 137 Å². The van der Waals surface area contributed by atoms with Gasteiger partial charge in [0.15, 0.2) is 0 Å². The normalized spacial score (nSPS) is 11.5. The van der Waals surface area contributed by atoms with Crippen LogP contribution in [0.1, 0.15) is 42.3 Å². The summed E-state index contributed by atoms with van der Waals surface area (Å²) in [7, 11) is 1.60. The third-order valence-corrected chi connectivity index (χ3v) is 3.52. The molecule has 0 heterocycles. The SMILES string of the molecule is COc1ccccc1C=NNC(=O)c1ccc(C(C)(C)C)cc1. The number of nitrogens with one attached hydrogen (secondary N) is 1. The number of rotatable bonds is 4.